The molecule has 0 atom stereocenters. The minimum absolute atomic E-state index is 0.0143. The molecule has 0 radical (unpaired) electrons. The fourth-order valence-electron chi connectivity index (χ4n) is 2.09. The van der Waals surface area contributed by atoms with Crippen LogP contribution in [0.3, 0.4) is 0 Å². The van der Waals surface area contributed by atoms with Crippen LogP contribution in [0, 0.1) is 17.0 Å². The van der Waals surface area contributed by atoms with Crippen LogP contribution in [0.1, 0.15) is 18.2 Å². The lowest BCUT2D eigenvalue weighted by atomic mass is 10.1. The number of nitrogens with one attached hydrogen (secondary N) is 1. The number of nitro groups is 1. The molecule has 1 heterocycles. The van der Waals surface area contributed by atoms with Crippen molar-refractivity contribution >= 4 is 11.5 Å². The monoisotopic (exact) mass is 272 g/mol. The maximum absolute atomic E-state index is 11.1. The van der Waals surface area contributed by atoms with E-state index in [1.807, 2.05) is 13.8 Å². The predicted molar refractivity (Wildman–Crippen MR) is 77.8 cm³/mol. The number of benzene rings is 1. The van der Waals surface area contributed by atoms with Gasteiger partial charge >= 0.3 is 0 Å². The maximum Gasteiger partial charge on any atom is 0.280 e. The van der Waals surface area contributed by atoms with Crippen LogP contribution in [0.15, 0.2) is 24.3 Å². The summed E-state index contributed by atoms with van der Waals surface area (Å²) < 4.78 is 0. The molecule has 6 heteroatoms. The number of nitro benzene ring substituents is 1. The number of aromatic nitrogens is 2. The van der Waals surface area contributed by atoms with E-state index in [4.69, 9.17) is 0 Å². The zero-order valence-corrected chi connectivity index (χ0v) is 11.7. The standard InChI is InChI=1S/C14H16N4O2/c1-4-11-9(2)13(15-3)17-14(16-11)10-7-5-6-8-12(10)18(19)20/h5-8H,4H2,1-3H3,(H,15,16,17). The molecule has 0 spiro atoms. The molecule has 1 aromatic carbocycles. The Morgan fingerprint density at radius 2 is 2.00 bits per heavy atom. The second kappa shape index (κ2) is 5.64. The Labute approximate surface area is 117 Å². The highest BCUT2D eigenvalue weighted by Gasteiger charge is 2.18. The Morgan fingerprint density at radius 1 is 1.30 bits per heavy atom. The maximum atomic E-state index is 11.1. The van der Waals surface area contributed by atoms with E-state index in [9.17, 15) is 10.1 Å². The minimum Gasteiger partial charge on any atom is -0.373 e. The van der Waals surface area contributed by atoms with Crippen LogP contribution < -0.4 is 5.32 Å². The molecule has 0 aliphatic carbocycles. The van der Waals surface area contributed by atoms with Gasteiger partial charge in [0.15, 0.2) is 5.82 Å². The zero-order chi connectivity index (χ0) is 14.7. The van der Waals surface area contributed by atoms with E-state index in [1.165, 1.54) is 6.07 Å². The Bertz CT molecular complexity index is 630. The van der Waals surface area contributed by atoms with Gasteiger partial charge in [0.1, 0.15) is 5.82 Å². The molecular weight excluding hydrogens is 256 g/mol. The zero-order valence-electron chi connectivity index (χ0n) is 11.7. The van der Waals surface area contributed by atoms with Crippen molar-refractivity contribution in [2.45, 2.75) is 20.3 Å². The third-order valence-corrected chi connectivity index (χ3v) is 3.16. The molecule has 0 amide bonds. The lowest BCUT2D eigenvalue weighted by molar-refractivity contribution is -0.384. The predicted octanol–water partition coefficient (Wildman–Crippen LogP) is 2.96. The molecule has 0 unspecified atom stereocenters. The van der Waals surface area contributed by atoms with Gasteiger partial charge in [-0.25, -0.2) is 9.97 Å². The van der Waals surface area contributed by atoms with E-state index < -0.39 is 4.92 Å². The summed E-state index contributed by atoms with van der Waals surface area (Å²) in [5.41, 5.74) is 2.30. The van der Waals surface area contributed by atoms with Gasteiger partial charge in [-0.2, -0.15) is 0 Å². The molecule has 0 bridgehead atoms. The van der Waals surface area contributed by atoms with E-state index in [0.717, 1.165) is 17.7 Å². The Balaban J connectivity index is 2.67. The van der Waals surface area contributed by atoms with E-state index in [0.29, 0.717) is 17.2 Å². The summed E-state index contributed by atoms with van der Waals surface area (Å²) in [6.45, 7) is 3.94. The number of aryl methyl sites for hydroxylation is 1. The quantitative estimate of drug-likeness (QED) is 0.683. The van der Waals surface area contributed by atoms with Gasteiger partial charge in [-0.05, 0) is 19.4 Å². The molecule has 6 nitrogen and oxygen atoms in total. The highest BCUT2D eigenvalue weighted by Crippen LogP contribution is 2.29. The third-order valence-electron chi connectivity index (χ3n) is 3.16. The van der Waals surface area contributed by atoms with Crippen LogP contribution in [0.25, 0.3) is 11.4 Å². The summed E-state index contributed by atoms with van der Waals surface area (Å²) in [6.07, 6.45) is 0.747. The molecule has 0 saturated carbocycles. The topological polar surface area (TPSA) is 81.0 Å². The number of para-hydroxylation sites is 1. The van der Waals surface area contributed by atoms with Crippen LogP contribution in [0.5, 0.6) is 0 Å². The van der Waals surface area contributed by atoms with Gasteiger partial charge in [0, 0.05) is 24.4 Å². The van der Waals surface area contributed by atoms with Crippen molar-refractivity contribution < 1.29 is 4.92 Å². The molecule has 0 aliphatic rings. The molecule has 0 saturated heterocycles. The highest BCUT2D eigenvalue weighted by atomic mass is 16.6. The van der Waals surface area contributed by atoms with Crippen molar-refractivity contribution in [1.29, 1.82) is 0 Å². The van der Waals surface area contributed by atoms with Gasteiger partial charge in [-0.1, -0.05) is 19.1 Å². The molecule has 2 rings (SSSR count). The first-order chi connectivity index (χ1) is 9.58. The van der Waals surface area contributed by atoms with Crippen molar-refractivity contribution in [3.8, 4) is 11.4 Å². The molecule has 104 valence electrons. The highest BCUT2D eigenvalue weighted by molar-refractivity contribution is 5.69. The van der Waals surface area contributed by atoms with Crippen LogP contribution >= 0.6 is 0 Å². The molecule has 0 aliphatic heterocycles. The molecular formula is C14H16N4O2. The number of rotatable bonds is 4. The number of anilines is 1. The van der Waals surface area contributed by atoms with E-state index >= 15 is 0 Å². The number of hydrogen-bond acceptors (Lipinski definition) is 5. The lowest BCUT2D eigenvalue weighted by Gasteiger charge is -2.11. The van der Waals surface area contributed by atoms with Crippen LogP contribution in [-0.2, 0) is 6.42 Å². The average Bonchev–Trinajstić information content (AvgIpc) is 2.47. The average molecular weight is 272 g/mol. The van der Waals surface area contributed by atoms with Crippen molar-refractivity contribution in [3.05, 3.63) is 45.6 Å². The Kier molecular flexibility index (Phi) is 3.93. The van der Waals surface area contributed by atoms with Gasteiger partial charge in [-0.15, -0.1) is 0 Å². The SMILES string of the molecule is CCc1nc(-c2ccccc2[N+](=O)[O-])nc(NC)c1C. The first-order valence-electron chi connectivity index (χ1n) is 6.37. The van der Waals surface area contributed by atoms with Crippen molar-refractivity contribution in [2.75, 3.05) is 12.4 Å². The van der Waals surface area contributed by atoms with Gasteiger partial charge in [0.05, 0.1) is 10.5 Å². The normalized spacial score (nSPS) is 10.3. The van der Waals surface area contributed by atoms with Gasteiger partial charge < -0.3 is 5.32 Å². The fraction of sp³-hybridized carbons (Fsp3) is 0.286. The fourth-order valence-corrected chi connectivity index (χ4v) is 2.09. The second-order valence-electron chi connectivity index (χ2n) is 4.35. The van der Waals surface area contributed by atoms with Crippen molar-refractivity contribution in [1.82, 2.24) is 9.97 Å². The van der Waals surface area contributed by atoms with Gasteiger partial charge in [0.25, 0.3) is 5.69 Å². The molecule has 1 N–H and O–H groups in total. The lowest BCUT2D eigenvalue weighted by Crippen LogP contribution is -2.05. The van der Waals surface area contributed by atoms with E-state index in [2.05, 4.69) is 15.3 Å². The van der Waals surface area contributed by atoms with Gasteiger partial charge in [0.2, 0.25) is 0 Å². The smallest absolute Gasteiger partial charge is 0.280 e. The van der Waals surface area contributed by atoms with Crippen LogP contribution in [0.4, 0.5) is 11.5 Å². The Morgan fingerprint density at radius 3 is 2.60 bits per heavy atom. The Hall–Kier alpha value is -2.50. The number of hydrogen-bond donors (Lipinski definition) is 1. The summed E-state index contributed by atoms with van der Waals surface area (Å²) in [5, 5.41) is 14.1. The first-order valence-corrected chi connectivity index (χ1v) is 6.37. The summed E-state index contributed by atoms with van der Waals surface area (Å²) >= 11 is 0. The summed E-state index contributed by atoms with van der Waals surface area (Å²) in [5.74, 6) is 1.08. The van der Waals surface area contributed by atoms with Crippen molar-refractivity contribution in [3.63, 3.8) is 0 Å². The summed E-state index contributed by atoms with van der Waals surface area (Å²) in [4.78, 5) is 19.5. The molecule has 2 aromatic rings. The van der Waals surface area contributed by atoms with Crippen LogP contribution in [0.2, 0.25) is 0 Å². The first kappa shape index (κ1) is 13.9. The largest absolute Gasteiger partial charge is 0.373 e. The number of nitrogens with zero attached hydrogens (tertiary/aromatic N) is 3. The van der Waals surface area contributed by atoms with E-state index in [1.54, 1.807) is 25.2 Å². The minimum atomic E-state index is -0.413. The molecule has 0 fully saturated rings. The van der Waals surface area contributed by atoms with E-state index in [-0.39, 0.29) is 5.69 Å². The van der Waals surface area contributed by atoms with Gasteiger partial charge in [-0.3, -0.25) is 10.1 Å². The summed E-state index contributed by atoms with van der Waals surface area (Å²) in [6, 6.07) is 6.51. The molecule has 20 heavy (non-hydrogen) atoms. The van der Waals surface area contributed by atoms with Crippen molar-refractivity contribution in [2.24, 2.45) is 0 Å². The third kappa shape index (κ3) is 2.45. The second-order valence-corrected chi connectivity index (χ2v) is 4.35. The summed E-state index contributed by atoms with van der Waals surface area (Å²) in [7, 11) is 1.78. The molecule has 1 aromatic heterocycles. The van der Waals surface area contributed by atoms with Crippen LogP contribution in [-0.4, -0.2) is 21.9 Å².